The number of hydrogen-bond acceptors (Lipinski definition) is 2. The number of rotatable bonds is 5. The molecule has 2 heteroatoms. The Labute approximate surface area is 75.7 Å². The summed E-state index contributed by atoms with van der Waals surface area (Å²) in [7, 11) is 0. The Morgan fingerprint density at radius 1 is 1.42 bits per heavy atom. The zero-order valence-electron chi connectivity index (χ0n) is 8.52. The summed E-state index contributed by atoms with van der Waals surface area (Å²) in [5.41, 5.74) is 0.00431. The second kappa shape index (κ2) is 4.24. The zero-order chi connectivity index (χ0) is 9.03. The Hall–Kier alpha value is -0.0800. The summed E-state index contributed by atoms with van der Waals surface area (Å²) in [5, 5.41) is 3.52. The van der Waals surface area contributed by atoms with Crippen molar-refractivity contribution in [2.24, 2.45) is 0 Å². The highest BCUT2D eigenvalue weighted by Gasteiger charge is 2.22. The summed E-state index contributed by atoms with van der Waals surface area (Å²) >= 11 is 0. The molecule has 0 spiro atoms. The van der Waals surface area contributed by atoms with E-state index >= 15 is 0 Å². The summed E-state index contributed by atoms with van der Waals surface area (Å²) in [6, 6.07) is 0.768. The van der Waals surface area contributed by atoms with Crippen molar-refractivity contribution in [3.63, 3.8) is 0 Å². The van der Waals surface area contributed by atoms with E-state index in [4.69, 9.17) is 4.74 Å². The second-order valence-electron chi connectivity index (χ2n) is 4.20. The van der Waals surface area contributed by atoms with E-state index in [-0.39, 0.29) is 5.60 Å². The van der Waals surface area contributed by atoms with Gasteiger partial charge in [0.05, 0.1) is 5.60 Å². The second-order valence-corrected chi connectivity index (χ2v) is 4.20. The molecule has 12 heavy (non-hydrogen) atoms. The van der Waals surface area contributed by atoms with Gasteiger partial charge in [-0.2, -0.15) is 0 Å². The molecule has 0 aromatic heterocycles. The molecule has 0 heterocycles. The minimum Gasteiger partial charge on any atom is -0.375 e. The van der Waals surface area contributed by atoms with Crippen molar-refractivity contribution in [2.75, 3.05) is 13.2 Å². The summed E-state index contributed by atoms with van der Waals surface area (Å²) in [4.78, 5) is 0. The maximum absolute atomic E-state index is 5.59. The normalized spacial score (nSPS) is 19.2. The Bertz CT molecular complexity index is 130. The SMILES string of the molecule is CCOC(C)(C)CNC1CCC1. The summed E-state index contributed by atoms with van der Waals surface area (Å²) in [6.07, 6.45) is 4.09. The van der Waals surface area contributed by atoms with Crippen LogP contribution >= 0.6 is 0 Å². The van der Waals surface area contributed by atoms with Crippen LogP contribution in [0.15, 0.2) is 0 Å². The predicted molar refractivity (Wildman–Crippen MR) is 51.3 cm³/mol. The van der Waals surface area contributed by atoms with Gasteiger partial charge in [0.25, 0.3) is 0 Å². The smallest absolute Gasteiger partial charge is 0.0750 e. The third-order valence-electron chi connectivity index (χ3n) is 2.46. The van der Waals surface area contributed by atoms with E-state index in [9.17, 15) is 0 Å². The molecule has 2 nitrogen and oxygen atoms in total. The van der Waals surface area contributed by atoms with Gasteiger partial charge in [-0.3, -0.25) is 0 Å². The fourth-order valence-corrected chi connectivity index (χ4v) is 1.44. The highest BCUT2D eigenvalue weighted by molar-refractivity contribution is 4.80. The van der Waals surface area contributed by atoms with E-state index in [0.717, 1.165) is 19.2 Å². The first-order chi connectivity index (χ1) is 5.64. The molecule has 0 amide bonds. The van der Waals surface area contributed by atoms with Gasteiger partial charge in [0.1, 0.15) is 0 Å². The standard InChI is InChI=1S/C10H21NO/c1-4-12-10(2,3)8-11-9-6-5-7-9/h9,11H,4-8H2,1-3H3. The summed E-state index contributed by atoms with van der Waals surface area (Å²) < 4.78 is 5.59. The maximum atomic E-state index is 5.59. The maximum Gasteiger partial charge on any atom is 0.0750 e. The molecule has 1 fully saturated rings. The topological polar surface area (TPSA) is 21.3 Å². The largest absolute Gasteiger partial charge is 0.375 e. The molecule has 0 unspecified atom stereocenters. The van der Waals surface area contributed by atoms with Crippen LogP contribution in [0, 0.1) is 0 Å². The van der Waals surface area contributed by atoms with Crippen molar-refractivity contribution in [3.05, 3.63) is 0 Å². The molecule has 0 radical (unpaired) electrons. The van der Waals surface area contributed by atoms with Crippen molar-refractivity contribution in [3.8, 4) is 0 Å². The van der Waals surface area contributed by atoms with Crippen LogP contribution in [0.1, 0.15) is 40.0 Å². The van der Waals surface area contributed by atoms with Crippen LogP contribution in [0.4, 0.5) is 0 Å². The fraction of sp³-hybridized carbons (Fsp3) is 1.00. The monoisotopic (exact) mass is 171 g/mol. The van der Waals surface area contributed by atoms with Gasteiger partial charge in [0.2, 0.25) is 0 Å². The average Bonchev–Trinajstić information content (AvgIpc) is 1.82. The highest BCUT2D eigenvalue weighted by atomic mass is 16.5. The van der Waals surface area contributed by atoms with Crippen LogP contribution in [-0.2, 0) is 4.74 Å². The van der Waals surface area contributed by atoms with Gasteiger partial charge < -0.3 is 10.1 Å². The Balaban J connectivity index is 2.10. The molecule has 1 aliphatic carbocycles. The van der Waals surface area contributed by atoms with Crippen LogP contribution < -0.4 is 5.32 Å². The Kier molecular flexibility index (Phi) is 3.53. The van der Waals surface area contributed by atoms with Crippen LogP contribution in [-0.4, -0.2) is 24.8 Å². The van der Waals surface area contributed by atoms with E-state index in [1.807, 2.05) is 6.92 Å². The number of nitrogens with one attached hydrogen (secondary N) is 1. The molecule has 0 saturated heterocycles. The van der Waals surface area contributed by atoms with Crippen molar-refractivity contribution >= 4 is 0 Å². The number of ether oxygens (including phenoxy) is 1. The van der Waals surface area contributed by atoms with Crippen LogP contribution in [0.25, 0.3) is 0 Å². The molecule has 0 aliphatic heterocycles. The van der Waals surface area contributed by atoms with Crippen LogP contribution in [0.5, 0.6) is 0 Å². The third kappa shape index (κ3) is 3.11. The van der Waals surface area contributed by atoms with Gasteiger partial charge in [-0.25, -0.2) is 0 Å². The Morgan fingerprint density at radius 3 is 2.50 bits per heavy atom. The fourth-order valence-electron chi connectivity index (χ4n) is 1.44. The van der Waals surface area contributed by atoms with Gasteiger partial charge in [-0.15, -0.1) is 0 Å². The molecule has 72 valence electrons. The lowest BCUT2D eigenvalue weighted by Crippen LogP contribution is -2.45. The first-order valence-electron chi connectivity index (χ1n) is 5.01. The van der Waals surface area contributed by atoms with E-state index in [0.29, 0.717) is 0 Å². The minimum atomic E-state index is 0.00431. The van der Waals surface area contributed by atoms with E-state index in [1.54, 1.807) is 0 Å². The lowest BCUT2D eigenvalue weighted by atomic mass is 9.92. The first-order valence-corrected chi connectivity index (χ1v) is 5.01. The van der Waals surface area contributed by atoms with Crippen molar-refractivity contribution in [2.45, 2.75) is 51.7 Å². The molecule has 0 bridgehead atoms. The van der Waals surface area contributed by atoms with Crippen LogP contribution in [0.3, 0.4) is 0 Å². The quantitative estimate of drug-likeness (QED) is 0.682. The van der Waals surface area contributed by atoms with E-state index < -0.39 is 0 Å². The highest BCUT2D eigenvalue weighted by Crippen LogP contribution is 2.19. The molecular weight excluding hydrogens is 150 g/mol. The van der Waals surface area contributed by atoms with Crippen molar-refractivity contribution < 1.29 is 4.74 Å². The summed E-state index contributed by atoms with van der Waals surface area (Å²) in [6.45, 7) is 8.11. The lowest BCUT2D eigenvalue weighted by Gasteiger charge is -2.32. The Morgan fingerprint density at radius 2 is 2.08 bits per heavy atom. The first kappa shape index (κ1) is 10.0. The molecule has 0 aromatic rings. The third-order valence-corrected chi connectivity index (χ3v) is 2.46. The molecule has 0 aromatic carbocycles. The van der Waals surface area contributed by atoms with Gasteiger partial charge in [-0.1, -0.05) is 6.42 Å². The molecule has 1 rings (SSSR count). The predicted octanol–water partition coefficient (Wildman–Crippen LogP) is 1.94. The van der Waals surface area contributed by atoms with E-state index in [1.165, 1.54) is 19.3 Å². The molecule has 0 atom stereocenters. The molecule has 1 N–H and O–H groups in total. The molecular formula is C10H21NO. The van der Waals surface area contributed by atoms with Crippen molar-refractivity contribution in [1.82, 2.24) is 5.32 Å². The van der Waals surface area contributed by atoms with E-state index in [2.05, 4.69) is 19.2 Å². The average molecular weight is 171 g/mol. The van der Waals surface area contributed by atoms with Gasteiger partial charge >= 0.3 is 0 Å². The van der Waals surface area contributed by atoms with Crippen molar-refractivity contribution in [1.29, 1.82) is 0 Å². The van der Waals surface area contributed by atoms with Gasteiger partial charge in [-0.05, 0) is 33.6 Å². The minimum absolute atomic E-state index is 0.00431. The molecule has 1 saturated carbocycles. The molecule has 1 aliphatic rings. The van der Waals surface area contributed by atoms with Gasteiger partial charge in [0, 0.05) is 19.2 Å². The number of hydrogen-bond donors (Lipinski definition) is 1. The van der Waals surface area contributed by atoms with Crippen LogP contribution in [0.2, 0.25) is 0 Å². The zero-order valence-corrected chi connectivity index (χ0v) is 8.52. The van der Waals surface area contributed by atoms with Gasteiger partial charge in [0.15, 0.2) is 0 Å². The summed E-state index contributed by atoms with van der Waals surface area (Å²) in [5.74, 6) is 0. The lowest BCUT2D eigenvalue weighted by molar-refractivity contribution is -0.0122.